The van der Waals surface area contributed by atoms with Gasteiger partial charge in [-0.1, -0.05) is 33.8 Å². The van der Waals surface area contributed by atoms with Gasteiger partial charge in [0.1, 0.15) is 11.6 Å². The molecule has 0 saturated heterocycles. The quantitative estimate of drug-likeness (QED) is 0.806. The van der Waals surface area contributed by atoms with Crippen molar-refractivity contribution in [3.63, 3.8) is 0 Å². The van der Waals surface area contributed by atoms with E-state index in [2.05, 4.69) is 33.0 Å². The minimum Gasteiger partial charge on any atom is -0.307 e. The van der Waals surface area contributed by atoms with E-state index in [4.69, 9.17) is 0 Å². The molecule has 0 aliphatic heterocycles. The van der Waals surface area contributed by atoms with Crippen LogP contribution in [0.15, 0.2) is 18.2 Å². The lowest BCUT2D eigenvalue weighted by atomic mass is 9.63. The van der Waals surface area contributed by atoms with Crippen LogP contribution in [0, 0.1) is 22.5 Å². The van der Waals surface area contributed by atoms with Gasteiger partial charge in [0.15, 0.2) is 0 Å². The first-order chi connectivity index (χ1) is 9.58. The van der Waals surface area contributed by atoms with E-state index in [1.165, 1.54) is 12.5 Å². The summed E-state index contributed by atoms with van der Waals surface area (Å²) < 4.78 is 26.9. The Labute approximate surface area is 127 Å². The van der Waals surface area contributed by atoms with E-state index >= 15 is 0 Å². The third-order valence-electron chi connectivity index (χ3n) is 4.47. The Bertz CT molecular complexity index is 492. The highest BCUT2D eigenvalue weighted by Gasteiger charge is 2.38. The topological polar surface area (TPSA) is 12.0 Å². The molecule has 1 unspecified atom stereocenters. The van der Waals surface area contributed by atoms with Gasteiger partial charge in [-0.2, -0.15) is 0 Å². The summed E-state index contributed by atoms with van der Waals surface area (Å²) in [5.41, 5.74) is 1.12. The van der Waals surface area contributed by atoms with Gasteiger partial charge < -0.3 is 5.32 Å². The van der Waals surface area contributed by atoms with Crippen LogP contribution in [0.5, 0.6) is 0 Å². The molecule has 3 heteroatoms. The highest BCUT2D eigenvalue weighted by molar-refractivity contribution is 5.21. The second-order valence-electron chi connectivity index (χ2n) is 8.16. The van der Waals surface area contributed by atoms with Gasteiger partial charge in [0.2, 0.25) is 0 Å². The van der Waals surface area contributed by atoms with Gasteiger partial charge in [0.25, 0.3) is 0 Å². The Morgan fingerprint density at radius 1 is 1.10 bits per heavy atom. The first-order valence-electron chi connectivity index (χ1n) is 7.79. The van der Waals surface area contributed by atoms with Gasteiger partial charge in [0.05, 0.1) is 0 Å². The van der Waals surface area contributed by atoms with E-state index in [9.17, 15) is 8.78 Å². The third-order valence-corrected chi connectivity index (χ3v) is 4.47. The highest BCUT2D eigenvalue weighted by atomic mass is 19.1. The molecule has 1 fully saturated rings. The van der Waals surface area contributed by atoms with E-state index < -0.39 is 11.6 Å². The molecule has 2 rings (SSSR count). The van der Waals surface area contributed by atoms with Crippen molar-refractivity contribution in [1.82, 2.24) is 5.32 Å². The van der Waals surface area contributed by atoms with E-state index in [1.807, 2.05) is 6.92 Å². The lowest BCUT2D eigenvalue weighted by molar-refractivity contribution is 0.0809. The van der Waals surface area contributed by atoms with Crippen LogP contribution in [0.2, 0.25) is 0 Å². The molecule has 1 saturated carbocycles. The van der Waals surface area contributed by atoms with Gasteiger partial charge in [-0.05, 0) is 43.1 Å². The number of hydrogen-bond donors (Lipinski definition) is 1. The molecular formula is C18H27F2N. The molecule has 0 heterocycles. The van der Waals surface area contributed by atoms with Crippen molar-refractivity contribution in [1.29, 1.82) is 0 Å². The monoisotopic (exact) mass is 295 g/mol. The molecule has 21 heavy (non-hydrogen) atoms. The van der Waals surface area contributed by atoms with Crippen molar-refractivity contribution in [3.8, 4) is 0 Å². The van der Waals surface area contributed by atoms with E-state index in [1.54, 1.807) is 6.07 Å². The molecule has 0 aromatic heterocycles. The number of halogens is 2. The van der Waals surface area contributed by atoms with E-state index in [0.717, 1.165) is 18.9 Å². The second kappa shape index (κ2) is 5.68. The lowest BCUT2D eigenvalue weighted by Gasteiger charge is -2.46. The molecule has 0 radical (unpaired) electrons. The molecule has 1 atom stereocenters. The van der Waals surface area contributed by atoms with Gasteiger partial charge in [-0.25, -0.2) is 8.78 Å². The molecule has 0 amide bonds. The zero-order chi connectivity index (χ0) is 15.8. The molecule has 1 N–H and O–H groups in total. The number of nitrogens with one attached hydrogen (secondary N) is 1. The molecule has 1 aromatic carbocycles. The van der Waals surface area contributed by atoms with E-state index in [-0.39, 0.29) is 6.04 Å². The summed E-state index contributed by atoms with van der Waals surface area (Å²) in [5, 5.41) is 3.54. The van der Waals surface area contributed by atoms with Crippen molar-refractivity contribution in [2.24, 2.45) is 10.8 Å². The maximum atomic E-state index is 13.9. The maximum absolute atomic E-state index is 13.9. The fraction of sp³-hybridized carbons (Fsp3) is 0.667. The van der Waals surface area contributed by atoms with Crippen molar-refractivity contribution in [2.75, 3.05) is 0 Å². The van der Waals surface area contributed by atoms with Crippen LogP contribution in [0.1, 0.15) is 65.5 Å². The molecule has 118 valence electrons. The van der Waals surface area contributed by atoms with Gasteiger partial charge in [-0.3, -0.25) is 0 Å². The molecular weight excluding hydrogens is 268 g/mol. The summed E-state index contributed by atoms with van der Waals surface area (Å²) in [6, 6.07) is 4.08. The molecule has 0 bridgehead atoms. The largest absolute Gasteiger partial charge is 0.307 e. The van der Waals surface area contributed by atoms with Gasteiger partial charge in [-0.15, -0.1) is 0 Å². The van der Waals surface area contributed by atoms with Crippen LogP contribution in [-0.2, 0) is 0 Å². The molecule has 1 nitrogen and oxygen atoms in total. The Balaban J connectivity index is 2.10. The Kier molecular flexibility index (Phi) is 4.44. The first-order valence-corrected chi connectivity index (χ1v) is 7.79. The Hall–Kier alpha value is -0.960. The summed E-state index contributed by atoms with van der Waals surface area (Å²) in [6.07, 6.45) is 3.38. The van der Waals surface area contributed by atoms with Crippen LogP contribution in [-0.4, -0.2) is 6.04 Å². The second-order valence-corrected chi connectivity index (χ2v) is 8.16. The minimum absolute atomic E-state index is 0.111. The smallest absolute Gasteiger partial charge is 0.130 e. The van der Waals surface area contributed by atoms with Crippen molar-refractivity contribution in [3.05, 3.63) is 35.4 Å². The summed E-state index contributed by atoms with van der Waals surface area (Å²) in [7, 11) is 0. The zero-order valence-corrected chi connectivity index (χ0v) is 13.8. The van der Waals surface area contributed by atoms with E-state index in [0.29, 0.717) is 22.4 Å². The fourth-order valence-corrected chi connectivity index (χ4v) is 4.26. The molecule has 1 aromatic rings. The summed E-state index contributed by atoms with van der Waals surface area (Å²) in [4.78, 5) is 0. The standard InChI is InChI=1S/C18H27F2N/c1-12(15-7-6-13(19)8-16(15)20)21-14-9-17(2,3)11-18(4,5)10-14/h6-8,12,14,21H,9-11H2,1-5H3. The van der Waals surface area contributed by atoms with Crippen LogP contribution in [0.4, 0.5) is 8.78 Å². The highest BCUT2D eigenvalue weighted by Crippen LogP contribution is 2.46. The Morgan fingerprint density at radius 2 is 1.67 bits per heavy atom. The normalized spacial score (nSPS) is 23.0. The summed E-state index contributed by atoms with van der Waals surface area (Å²) >= 11 is 0. The average Bonchev–Trinajstić information content (AvgIpc) is 2.23. The molecule has 1 aliphatic carbocycles. The maximum Gasteiger partial charge on any atom is 0.130 e. The van der Waals surface area contributed by atoms with Crippen molar-refractivity contribution in [2.45, 2.75) is 66.0 Å². The Morgan fingerprint density at radius 3 is 2.19 bits per heavy atom. The molecule has 1 aliphatic rings. The summed E-state index contributed by atoms with van der Waals surface area (Å²) in [6.45, 7) is 11.1. The van der Waals surface area contributed by atoms with Gasteiger partial charge in [0, 0.05) is 23.7 Å². The summed E-state index contributed by atoms with van der Waals surface area (Å²) in [5.74, 6) is -0.993. The third kappa shape index (κ3) is 4.26. The zero-order valence-electron chi connectivity index (χ0n) is 13.8. The van der Waals surface area contributed by atoms with Crippen LogP contribution in [0.3, 0.4) is 0 Å². The average molecular weight is 295 g/mol. The fourth-order valence-electron chi connectivity index (χ4n) is 4.26. The SMILES string of the molecule is CC(NC1CC(C)(C)CC(C)(C)C1)c1ccc(F)cc1F. The predicted octanol–water partition coefficient (Wildman–Crippen LogP) is 5.22. The lowest BCUT2D eigenvalue weighted by Crippen LogP contribution is -2.44. The van der Waals surface area contributed by atoms with Crippen LogP contribution in [0.25, 0.3) is 0 Å². The van der Waals surface area contributed by atoms with Crippen LogP contribution >= 0.6 is 0 Å². The van der Waals surface area contributed by atoms with Crippen molar-refractivity contribution < 1.29 is 8.78 Å². The number of rotatable bonds is 3. The van der Waals surface area contributed by atoms with Gasteiger partial charge >= 0.3 is 0 Å². The molecule has 0 spiro atoms. The first kappa shape index (κ1) is 16.4. The van der Waals surface area contributed by atoms with Crippen LogP contribution < -0.4 is 5.32 Å². The van der Waals surface area contributed by atoms with Crippen molar-refractivity contribution >= 4 is 0 Å². The predicted molar refractivity (Wildman–Crippen MR) is 83.1 cm³/mol. The number of hydrogen-bond acceptors (Lipinski definition) is 1. The minimum atomic E-state index is -0.525. The number of benzene rings is 1.